The molecule has 1 saturated carbocycles. The molecule has 24 heavy (non-hydrogen) atoms. The van der Waals surface area contributed by atoms with E-state index < -0.39 is 21.9 Å². The van der Waals surface area contributed by atoms with Crippen LogP contribution in [0.3, 0.4) is 0 Å². The molecule has 5 nitrogen and oxygen atoms in total. The third-order valence-electron chi connectivity index (χ3n) is 4.62. The van der Waals surface area contributed by atoms with E-state index in [2.05, 4.69) is 0 Å². The van der Waals surface area contributed by atoms with Crippen molar-refractivity contribution in [2.45, 2.75) is 51.1 Å². The number of rotatable bonds is 5. The molecule has 134 valence electrons. The predicted molar refractivity (Wildman–Crippen MR) is 92.8 cm³/mol. The van der Waals surface area contributed by atoms with Crippen LogP contribution in [-0.4, -0.2) is 44.6 Å². The molecular weight excluding hydrogens is 331 g/mol. The van der Waals surface area contributed by atoms with Crippen molar-refractivity contribution in [1.29, 1.82) is 0 Å². The first kappa shape index (κ1) is 18.7. The second-order valence-corrected chi connectivity index (χ2v) is 8.31. The van der Waals surface area contributed by atoms with Gasteiger partial charge in [0.05, 0.1) is 11.9 Å². The SMILES string of the molecule is C[C@H](C(=O)N(C)C1CCCCC1)N(c1ccc(F)cc1)S(C)(=O)=O. The molecule has 1 atom stereocenters. The molecule has 1 aliphatic carbocycles. The minimum atomic E-state index is -3.68. The third kappa shape index (κ3) is 4.26. The van der Waals surface area contributed by atoms with E-state index in [0.29, 0.717) is 0 Å². The van der Waals surface area contributed by atoms with Gasteiger partial charge in [0.1, 0.15) is 11.9 Å². The maximum atomic E-state index is 13.1. The van der Waals surface area contributed by atoms with Crippen molar-refractivity contribution in [3.8, 4) is 0 Å². The van der Waals surface area contributed by atoms with Gasteiger partial charge in [0.15, 0.2) is 0 Å². The zero-order chi connectivity index (χ0) is 17.9. The van der Waals surface area contributed by atoms with Crippen LogP contribution in [0.5, 0.6) is 0 Å². The van der Waals surface area contributed by atoms with Crippen molar-refractivity contribution in [3.05, 3.63) is 30.1 Å². The van der Waals surface area contributed by atoms with Gasteiger partial charge in [-0.15, -0.1) is 0 Å². The fourth-order valence-corrected chi connectivity index (χ4v) is 4.50. The van der Waals surface area contributed by atoms with Crippen LogP contribution in [0.2, 0.25) is 0 Å². The lowest BCUT2D eigenvalue weighted by molar-refractivity contribution is -0.133. The lowest BCUT2D eigenvalue weighted by atomic mass is 9.94. The van der Waals surface area contributed by atoms with E-state index >= 15 is 0 Å². The fourth-order valence-electron chi connectivity index (χ4n) is 3.33. The average molecular weight is 356 g/mol. The topological polar surface area (TPSA) is 57.7 Å². The van der Waals surface area contributed by atoms with Gasteiger partial charge < -0.3 is 4.90 Å². The molecule has 1 aliphatic rings. The number of amides is 1. The third-order valence-corrected chi connectivity index (χ3v) is 5.86. The van der Waals surface area contributed by atoms with Crippen LogP contribution < -0.4 is 4.31 Å². The lowest BCUT2D eigenvalue weighted by Crippen LogP contribution is -2.51. The highest BCUT2D eigenvalue weighted by Crippen LogP contribution is 2.25. The summed E-state index contributed by atoms with van der Waals surface area (Å²) in [6.07, 6.45) is 6.31. The van der Waals surface area contributed by atoms with Crippen LogP contribution >= 0.6 is 0 Å². The van der Waals surface area contributed by atoms with Gasteiger partial charge in [-0.2, -0.15) is 0 Å². The molecule has 1 amide bonds. The van der Waals surface area contributed by atoms with Gasteiger partial charge in [0, 0.05) is 13.1 Å². The zero-order valence-electron chi connectivity index (χ0n) is 14.4. The molecule has 0 aromatic heterocycles. The standard InChI is InChI=1S/C17H25FN2O3S/c1-13(17(21)19(2)15-7-5-4-6-8-15)20(24(3,22)23)16-11-9-14(18)10-12-16/h9-13,15H,4-8H2,1-3H3/t13-/m1/s1. The smallest absolute Gasteiger partial charge is 0.246 e. The molecule has 2 rings (SSSR count). The minimum absolute atomic E-state index is 0.156. The van der Waals surface area contributed by atoms with Crippen LogP contribution in [0.1, 0.15) is 39.0 Å². The molecule has 0 radical (unpaired) electrons. The number of anilines is 1. The van der Waals surface area contributed by atoms with Crippen molar-refractivity contribution in [2.24, 2.45) is 0 Å². The largest absolute Gasteiger partial charge is 0.341 e. The van der Waals surface area contributed by atoms with E-state index in [4.69, 9.17) is 0 Å². The van der Waals surface area contributed by atoms with Crippen LogP contribution in [0, 0.1) is 5.82 Å². The summed E-state index contributed by atoms with van der Waals surface area (Å²) in [6, 6.07) is 4.41. The van der Waals surface area contributed by atoms with Crippen LogP contribution in [0.4, 0.5) is 10.1 Å². The molecule has 1 fully saturated rings. The van der Waals surface area contributed by atoms with E-state index in [1.165, 1.54) is 30.7 Å². The van der Waals surface area contributed by atoms with Crippen molar-refractivity contribution in [2.75, 3.05) is 17.6 Å². The first-order valence-electron chi connectivity index (χ1n) is 8.23. The summed E-state index contributed by atoms with van der Waals surface area (Å²) in [7, 11) is -1.94. The highest BCUT2D eigenvalue weighted by atomic mass is 32.2. The molecule has 0 heterocycles. The number of benzene rings is 1. The van der Waals surface area contributed by atoms with Gasteiger partial charge in [-0.05, 0) is 44.0 Å². The predicted octanol–water partition coefficient (Wildman–Crippen LogP) is 2.77. The second-order valence-electron chi connectivity index (χ2n) is 6.45. The number of hydrogen-bond acceptors (Lipinski definition) is 3. The van der Waals surface area contributed by atoms with Crippen molar-refractivity contribution >= 4 is 21.6 Å². The van der Waals surface area contributed by atoms with Crippen LogP contribution in [-0.2, 0) is 14.8 Å². The Morgan fingerprint density at radius 2 is 1.71 bits per heavy atom. The summed E-state index contributed by atoms with van der Waals surface area (Å²) in [5.74, 6) is -0.692. The maximum absolute atomic E-state index is 13.1. The highest BCUT2D eigenvalue weighted by Gasteiger charge is 2.33. The summed E-state index contributed by atoms with van der Waals surface area (Å²) in [5.41, 5.74) is 0.289. The summed E-state index contributed by atoms with van der Waals surface area (Å²) < 4.78 is 38.6. The molecule has 0 aliphatic heterocycles. The Labute approximate surface area is 143 Å². The number of halogens is 1. The number of likely N-dealkylation sites (N-methyl/N-ethyl adjacent to an activating group) is 1. The van der Waals surface area contributed by atoms with Gasteiger partial charge in [-0.3, -0.25) is 9.10 Å². The van der Waals surface area contributed by atoms with E-state index in [0.717, 1.165) is 36.2 Å². The lowest BCUT2D eigenvalue weighted by Gasteiger charge is -2.36. The van der Waals surface area contributed by atoms with E-state index in [9.17, 15) is 17.6 Å². The van der Waals surface area contributed by atoms with Gasteiger partial charge in [-0.25, -0.2) is 12.8 Å². The Morgan fingerprint density at radius 3 is 2.21 bits per heavy atom. The minimum Gasteiger partial charge on any atom is -0.341 e. The molecule has 0 bridgehead atoms. The van der Waals surface area contributed by atoms with Gasteiger partial charge in [0.2, 0.25) is 15.9 Å². The fraction of sp³-hybridized carbons (Fsp3) is 0.588. The summed E-state index contributed by atoms with van der Waals surface area (Å²) >= 11 is 0. The molecule has 1 aromatic rings. The maximum Gasteiger partial charge on any atom is 0.246 e. The van der Waals surface area contributed by atoms with Crippen LogP contribution in [0.15, 0.2) is 24.3 Å². The summed E-state index contributed by atoms with van der Waals surface area (Å²) in [5, 5.41) is 0. The van der Waals surface area contributed by atoms with Crippen LogP contribution in [0.25, 0.3) is 0 Å². The Morgan fingerprint density at radius 1 is 1.17 bits per heavy atom. The molecule has 0 spiro atoms. The molecule has 7 heteroatoms. The Hall–Kier alpha value is -1.63. The average Bonchev–Trinajstić information content (AvgIpc) is 2.55. The quantitative estimate of drug-likeness (QED) is 0.815. The Kier molecular flexibility index (Phi) is 5.85. The molecule has 0 N–H and O–H groups in total. The molecular formula is C17H25FN2O3S. The highest BCUT2D eigenvalue weighted by molar-refractivity contribution is 7.92. The summed E-state index contributed by atoms with van der Waals surface area (Å²) in [4.78, 5) is 14.5. The first-order chi connectivity index (χ1) is 11.2. The van der Waals surface area contributed by atoms with E-state index in [-0.39, 0.29) is 17.6 Å². The van der Waals surface area contributed by atoms with Gasteiger partial charge >= 0.3 is 0 Å². The van der Waals surface area contributed by atoms with E-state index in [1.54, 1.807) is 18.9 Å². The van der Waals surface area contributed by atoms with Gasteiger partial charge in [-0.1, -0.05) is 19.3 Å². The monoisotopic (exact) mass is 356 g/mol. The normalized spacial score (nSPS) is 17.3. The number of carbonyl (C=O) groups is 1. The number of carbonyl (C=O) groups excluding carboxylic acids is 1. The zero-order valence-corrected chi connectivity index (χ0v) is 15.2. The number of nitrogens with zero attached hydrogens (tertiary/aromatic N) is 2. The molecule has 0 unspecified atom stereocenters. The second kappa shape index (κ2) is 7.51. The van der Waals surface area contributed by atoms with Gasteiger partial charge in [0.25, 0.3) is 0 Å². The van der Waals surface area contributed by atoms with Crippen molar-refractivity contribution < 1.29 is 17.6 Å². The van der Waals surface area contributed by atoms with Crippen molar-refractivity contribution in [1.82, 2.24) is 4.90 Å². The first-order valence-corrected chi connectivity index (χ1v) is 10.1. The molecule has 1 aromatic carbocycles. The molecule has 0 saturated heterocycles. The Bertz CT molecular complexity index is 670. The summed E-state index contributed by atoms with van der Waals surface area (Å²) in [6.45, 7) is 1.58. The number of hydrogen-bond donors (Lipinski definition) is 0. The van der Waals surface area contributed by atoms with Crippen molar-refractivity contribution in [3.63, 3.8) is 0 Å². The van der Waals surface area contributed by atoms with E-state index in [1.807, 2.05) is 0 Å². The Balaban J connectivity index is 2.25. The number of sulfonamides is 1.